The summed E-state index contributed by atoms with van der Waals surface area (Å²) in [6.45, 7) is 1.83. The van der Waals surface area contributed by atoms with Crippen LogP contribution in [-0.4, -0.2) is 9.97 Å². The third-order valence-electron chi connectivity index (χ3n) is 2.48. The zero-order valence-corrected chi connectivity index (χ0v) is 11.6. The molecular formula is C13H11ClFN3S. The van der Waals surface area contributed by atoms with Crippen molar-refractivity contribution in [2.75, 3.05) is 5.32 Å². The summed E-state index contributed by atoms with van der Waals surface area (Å²) in [5.41, 5.74) is 7.22. The molecule has 2 rings (SSSR count). The number of hydrogen-bond acceptors (Lipinski definition) is 3. The minimum absolute atomic E-state index is 0.198. The average molecular weight is 296 g/mol. The van der Waals surface area contributed by atoms with E-state index in [-0.39, 0.29) is 10.7 Å². The highest BCUT2D eigenvalue weighted by atomic mass is 35.5. The Labute approximate surface area is 120 Å². The lowest BCUT2D eigenvalue weighted by Crippen LogP contribution is -2.13. The molecule has 0 aliphatic heterocycles. The third-order valence-corrected chi connectivity index (χ3v) is 2.94. The Morgan fingerprint density at radius 3 is 2.74 bits per heavy atom. The van der Waals surface area contributed by atoms with Crippen LogP contribution in [0.15, 0.2) is 30.3 Å². The number of benzene rings is 1. The van der Waals surface area contributed by atoms with Crippen molar-refractivity contribution in [3.8, 4) is 0 Å². The lowest BCUT2D eigenvalue weighted by molar-refractivity contribution is 0.632. The third kappa shape index (κ3) is 3.19. The van der Waals surface area contributed by atoms with E-state index in [1.165, 1.54) is 12.1 Å². The van der Waals surface area contributed by atoms with E-state index in [9.17, 15) is 4.39 Å². The number of pyridine rings is 1. The van der Waals surface area contributed by atoms with Gasteiger partial charge in [0.25, 0.3) is 0 Å². The Hall–Kier alpha value is -1.72. The highest BCUT2D eigenvalue weighted by molar-refractivity contribution is 7.80. The van der Waals surface area contributed by atoms with Crippen molar-refractivity contribution in [2.24, 2.45) is 5.73 Å². The summed E-state index contributed by atoms with van der Waals surface area (Å²) >= 11 is 10.6. The molecule has 3 N–H and O–H groups in total. The lowest BCUT2D eigenvalue weighted by Gasteiger charge is -2.11. The number of nitrogens with zero attached hydrogens (tertiary/aromatic N) is 1. The van der Waals surface area contributed by atoms with E-state index in [4.69, 9.17) is 29.6 Å². The molecule has 1 heterocycles. The topological polar surface area (TPSA) is 50.9 Å². The molecule has 1 aromatic heterocycles. The van der Waals surface area contributed by atoms with Crippen LogP contribution < -0.4 is 11.1 Å². The molecule has 6 heteroatoms. The number of aromatic nitrogens is 1. The fourth-order valence-electron chi connectivity index (χ4n) is 1.57. The minimum atomic E-state index is -0.468. The summed E-state index contributed by atoms with van der Waals surface area (Å²) in [4.78, 5) is 4.47. The van der Waals surface area contributed by atoms with Crippen LogP contribution in [0, 0.1) is 12.7 Å². The second-order valence-corrected chi connectivity index (χ2v) is 4.84. The fourth-order valence-corrected chi connectivity index (χ4v) is 1.89. The van der Waals surface area contributed by atoms with Crippen molar-refractivity contribution in [1.82, 2.24) is 4.98 Å². The number of nitrogens with one attached hydrogen (secondary N) is 1. The number of aryl methyl sites for hydroxylation is 1. The van der Waals surface area contributed by atoms with Crippen molar-refractivity contribution < 1.29 is 4.39 Å². The Bertz CT molecular complexity index is 646. The molecule has 3 nitrogen and oxygen atoms in total. The molecule has 0 fully saturated rings. The van der Waals surface area contributed by atoms with Crippen LogP contribution in [0.1, 0.15) is 11.3 Å². The largest absolute Gasteiger partial charge is 0.389 e. The van der Waals surface area contributed by atoms with Crippen LogP contribution in [0.4, 0.5) is 15.9 Å². The van der Waals surface area contributed by atoms with E-state index in [1.807, 2.05) is 6.92 Å². The average Bonchev–Trinajstić information content (AvgIpc) is 2.32. The van der Waals surface area contributed by atoms with Gasteiger partial charge in [-0.15, -0.1) is 0 Å². The van der Waals surface area contributed by atoms with Gasteiger partial charge in [0.1, 0.15) is 16.6 Å². The van der Waals surface area contributed by atoms with Crippen molar-refractivity contribution in [3.05, 3.63) is 52.4 Å². The van der Waals surface area contributed by atoms with Gasteiger partial charge in [-0.3, -0.25) is 0 Å². The second-order valence-electron chi connectivity index (χ2n) is 3.96. The van der Waals surface area contributed by atoms with E-state index in [0.29, 0.717) is 16.4 Å². The van der Waals surface area contributed by atoms with Gasteiger partial charge in [0.15, 0.2) is 0 Å². The van der Waals surface area contributed by atoms with Crippen molar-refractivity contribution in [1.29, 1.82) is 0 Å². The molecule has 0 saturated carbocycles. The quantitative estimate of drug-likeness (QED) is 0.850. The van der Waals surface area contributed by atoms with E-state index < -0.39 is 5.82 Å². The van der Waals surface area contributed by atoms with Crippen molar-refractivity contribution >= 4 is 40.3 Å². The van der Waals surface area contributed by atoms with Gasteiger partial charge in [0.05, 0.1) is 11.3 Å². The Kier molecular flexibility index (Phi) is 3.97. The number of thiocarbonyl (C=S) groups is 1. The molecule has 98 valence electrons. The maximum absolute atomic E-state index is 13.7. The monoisotopic (exact) mass is 295 g/mol. The molecule has 1 aromatic carbocycles. The van der Waals surface area contributed by atoms with Crippen LogP contribution >= 0.6 is 23.8 Å². The first-order valence-corrected chi connectivity index (χ1v) is 6.25. The van der Waals surface area contributed by atoms with Gasteiger partial charge < -0.3 is 11.1 Å². The van der Waals surface area contributed by atoms with Crippen LogP contribution in [0.2, 0.25) is 5.02 Å². The van der Waals surface area contributed by atoms with Gasteiger partial charge in [-0.25, -0.2) is 9.37 Å². The molecule has 19 heavy (non-hydrogen) atoms. The zero-order valence-electron chi connectivity index (χ0n) is 10.1. The van der Waals surface area contributed by atoms with Crippen LogP contribution in [0.5, 0.6) is 0 Å². The van der Waals surface area contributed by atoms with Crippen LogP contribution in [-0.2, 0) is 0 Å². The maximum Gasteiger partial charge on any atom is 0.148 e. The Morgan fingerprint density at radius 1 is 1.37 bits per heavy atom. The van der Waals surface area contributed by atoms with Gasteiger partial charge >= 0.3 is 0 Å². The molecule has 0 amide bonds. The predicted octanol–water partition coefficient (Wildman–Crippen LogP) is 3.56. The number of halogens is 2. The molecule has 0 unspecified atom stereocenters. The molecule has 0 atom stereocenters. The Morgan fingerprint density at radius 2 is 2.11 bits per heavy atom. The first kappa shape index (κ1) is 13.7. The summed E-state index contributed by atoms with van der Waals surface area (Å²) in [6.07, 6.45) is 0. The predicted molar refractivity (Wildman–Crippen MR) is 79.6 cm³/mol. The van der Waals surface area contributed by atoms with E-state index in [2.05, 4.69) is 10.3 Å². The highest BCUT2D eigenvalue weighted by Crippen LogP contribution is 2.24. The molecule has 0 spiro atoms. The van der Waals surface area contributed by atoms with Crippen LogP contribution in [0.3, 0.4) is 0 Å². The molecule has 0 aliphatic rings. The maximum atomic E-state index is 13.7. The first-order valence-electron chi connectivity index (χ1n) is 5.47. The second kappa shape index (κ2) is 5.50. The van der Waals surface area contributed by atoms with Gasteiger partial charge in [0, 0.05) is 10.7 Å². The summed E-state index contributed by atoms with van der Waals surface area (Å²) in [5, 5.41) is 3.21. The van der Waals surface area contributed by atoms with Gasteiger partial charge in [0.2, 0.25) is 0 Å². The van der Waals surface area contributed by atoms with E-state index in [1.54, 1.807) is 18.2 Å². The van der Waals surface area contributed by atoms with Gasteiger partial charge in [-0.2, -0.15) is 0 Å². The molecule has 0 radical (unpaired) electrons. The summed E-state index contributed by atoms with van der Waals surface area (Å²) < 4.78 is 13.7. The fraction of sp³-hybridized carbons (Fsp3) is 0.0769. The SMILES string of the molecule is Cc1ccc(C(N)=S)c(Nc2ccc(Cl)cc2F)n1. The number of nitrogens with two attached hydrogens (primary N) is 1. The number of hydrogen-bond donors (Lipinski definition) is 2. The summed E-state index contributed by atoms with van der Waals surface area (Å²) in [5.74, 6) is -0.0431. The molecule has 0 saturated heterocycles. The van der Waals surface area contributed by atoms with Crippen molar-refractivity contribution in [2.45, 2.75) is 6.92 Å². The zero-order chi connectivity index (χ0) is 14.0. The summed E-state index contributed by atoms with van der Waals surface area (Å²) in [7, 11) is 0. The van der Waals surface area contributed by atoms with E-state index >= 15 is 0 Å². The van der Waals surface area contributed by atoms with Gasteiger partial charge in [-0.1, -0.05) is 23.8 Å². The normalized spacial score (nSPS) is 10.3. The highest BCUT2D eigenvalue weighted by Gasteiger charge is 2.10. The standard InChI is InChI=1S/C13H11ClFN3S/c1-7-2-4-9(12(16)19)13(17-7)18-11-5-3-8(14)6-10(11)15/h2-6H,1H3,(H2,16,19)(H,17,18). The number of rotatable bonds is 3. The number of anilines is 2. The lowest BCUT2D eigenvalue weighted by atomic mass is 10.2. The van der Waals surface area contributed by atoms with Crippen LogP contribution in [0.25, 0.3) is 0 Å². The minimum Gasteiger partial charge on any atom is -0.389 e. The summed E-state index contributed by atoms with van der Waals surface area (Å²) in [6, 6.07) is 7.88. The molecular weight excluding hydrogens is 285 g/mol. The van der Waals surface area contributed by atoms with Gasteiger partial charge in [-0.05, 0) is 37.3 Å². The smallest absolute Gasteiger partial charge is 0.148 e. The van der Waals surface area contributed by atoms with Crippen molar-refractivity contribution in [3.63, 3.8) is 0 Å². The molecule has 0 bridgehead atoms. The Balaban J connectivity index is 2.42. The van der Waals surface area contributed by atoms with E-state index in [0.717, 1.165) is 5.69 Å². The molecule has 2 aromatic rings. The first-order chi connectivity index (χ1) is 8.97. The molecule has 0 aliphatic carbocycles.